The van der Waals surface area contributed by atoms with Gasteiger partial charge in [-0.15, -0.1) is 0 Å². The standard InChI is InChI=1S/C26H23ClFN7O3S/c1-26(2)14-33(39(3,37)38)13-15-11-16(7-8-18(15)26)31-24-30-12-17-22(32-24)34-10-9-29-25(34)35(23(17)36)21-19(27)5-4-6-20(21)28/h4-12H,13-14H2,1-3H3,(H,30,31,32). The maximum absolute atomic E-state index is 14.8. The van der Waals surface area contributed by atoms with E-state index in [2.05, 4.69) is 20.3 Å². The van der Waals surface area contributed by atoms with Crippen LogP contribution >= 0.6 is 11.6 Å². The van der Waals surface area contributed by atoms with E-state index in [1.165, 1.54) is 41.2 Å². The second-order valence-electron chi connectivity index (χ2n) is 10.2. The summed E-state index contributed by atoms with van der Waals surface area (Å²) >= 11 is 6.26. The highest BCUT2D eigenvalue weighted by Crippen LogP contribution is 2.36. The molecule has 0 bridgehead atoms. The number of para-hydroxylation sites is 1. The number of fused-ring (bicyclic) bond motifs is 4. The van der Waals surface area contributed by atoms with Crippen molar-refractivity contribution < 1.29 is 12.8 Å². The second-order valence-corrected chi connectivity index (χ2v) is 12.5. The highest BCUT2D eigenvalue weighted by atomic mass is 35.5. The van der Waals surface area contributed by atoms with Crippen molar-refractivity contribution in [2.45, 2.75) is 25.8 Å². The van der Waals surface area contributed by atoms with E-state index in [1.807, 2.05) is 32.0 Å². The smallest absolute Gasteiger partial charge is 0.270 e. The Kier molecular flexibility index (Phi) is 5.75. The molecule has 5 aromatic rings. The number of imidazole rings is 1. The number of hydrogen-bond donors (Lipinski definition) is 1. The average Bonchev–Trinajstić information content (AvgIpc) is 3.34. The minimum absolute atomic E-state index is 0.0607. The molecule has 0 saturated heterocycles. The number of anilines is 2. The molecule has 0 spiro atoms. The monoisotopic (exact) mass is 567 g/mol. The molecule has 1 N–H and O–H groups in total. The fraction of sp³-hybridized carbons (Fsp3) is 0.231. The Bertz CT molecular complexity index is 1950. The van der Waals surface area contributed by atoms with Gasteiger partial charge in [0.25, 0.3) is 5.56 Å². The highest BCUT2D eigenvalue weighted by Gasteiger charge is 2.35. The van der Waals surface area contributed by atoms with Crippen LogP contribution in [0, 0.1) is 5.82 Å². The minimum atomic E-state index is -3.37. The molecular formula is C26H23ClFN7O3S. The number of halogens is 2. The fourth-order valence-corrected chi connectivity index (χ4v) is 6.29. The number of aromatic nitrogens is 5. The number of nitrogens with one attached hydrogen (secondary N) is 1. The summed E-state index contributed by atoms with van der Waals surface area (Å²) in [7, 11) is -3.37. The van der Waals surface area contributed by atoms with Gasteiger partial charge in [-0.05, 0) is 35.4 Å². The summed E-state index contributed by atoms with van der Waals surface area (Å²) in [6.45, 7) is 4.69. The van der Waals surface area contributed by atoms with Gasteiger partial charge >= 0.3 is 0 Å². The number of hydrogen-bond acceptors (Lipinski definition) is 7. The molecule has 1 aliphatic heterocycles. The highest BCUT2D eigenvalue weighted by molar-refractivity contribution is 7.88. The first-order chi connectivity index (χ1) is 18.4. The molecule has 1 aliphatic rings. The zero-order valence-corrected chi connectivity index (χ0v) is 22.8. The molecule has 2 aromatic carbocycles. The molecule has 10 nitrogen and oxygen atoms in total. The van der Waals surface area contributed by atoms with Gasteiger partial charge in [-0.2, -0.15) is 9.29 Å². The lowest BCUT2D eigenvalue weighted by Gasteiger charge is -2.38. The van der Waals surface area contributed by atoms with Crippen molar-refractivity contribution >= 4 is 50.1 Å². The van der Waals surface area contributed by atoms with Gasteiger partial charge in [0.2, 0.25) is 21.7 Å². The second kappa shape index (κ2) is 8.83. The number of nitrogens with zero attached hydrogens (tertiary/aromatic N) is 6. The molecule has 0 amide bonds. The van der Waals surface area contributed by atoms with Crippen LogP contribution < -0.4 is 10.9 Å². The zero-order valence-electron chi connectivity index (χ0n) is 21.2. The third-order valence-electron chi connectivity index (χ3n) is 6.89. The molecule has 4 heterocycles. The molecule has 0 saturated carbocycles. The quantitative estimate of drug-likeness (QED) is 0.349. The molecular weight excluding hydrogens is 545 g/mol. The van der Waals surface area contributed by atoms with Gasteiger partial charge in [0, 0.05) is 42.8 Å². The average molecular weight is 568 g/mol. The predicted octanol–water partition coefficient (Wildman–Crippen LogP) is 4.02. The first-order valence-corrected chi connectivity index (χ1v) is 14.2. The largest absolute Gasteiger partial charge is 0.324 e. The number of benzene rings is 2. The molecule has 0 atom stereocenters. The van der Waals surface area contributed by atoms with E-state index in [0.717, 1.165) is 15.7 Å². The maximum atomic E-state index is 14.8. The Labute approximate surface area is 227 Å². The van der Waals surface area contributed by atoms with Crippen molar-refractivity contribution in [2.75, 3.05) is 18.1 Å². The molecule has 200 valence electrons. The lowest BCUT2D eigenvalue weighted by Crippen LogP contribution is -2.44. The van der Waals surface area contributed by atoms with Gasteiger partial charge < -0.3 is 5.32 Å². The zero-order chi connectivity index (χ0) is 27.7. The maximum Gasteiger partial charge on any atom is 0.270 e. The third-order valence-corrected chi connectivity index (χ3v) is 8.39. The lowest BCUT2D eigenvalue weighted by molar-refractivity contribution is 0.302. The van der Waals surface area contributed by atoms with Crippen LogP contribution in [0.15, 0.2) is 59.8 Å². The summed E-state index contributed by atoms with van der Waals surface area (Å²) < 4.78 is 43.4. The van der Waals surface area contributed by atoms with E-state index >= 15 is 0 Å². The molecule has 0 radical (unpaired) electrons. The Morgan fingerprint density at radius 3 is 2.69 bits per heavy atom. The van der Waals surface area contributed by atoms with E-state index in [-0.39, 0.29) is 45.4 Å². The third kappa shape index (κ3) is 4.24. The van der Waals surface area contributed by atoms with Crippen molar-refractivity contribution in [3.05, 3.63) is 87.3 Å². The van der Waals surface area contributed by atoms with Crippen LogP contribution in [-0.4, -0.2) is 49.4 Å². The number of rotatable bonds is 4. The summed E-state index contributed by atoms with van der Waals surface area (Å²) in [5.74, 6) is -0.312. The SMILES string of the molecule is CC1(C)CN(S(C)(=O)=O)Cc2cc(Nc3ncc4c(=O)n(-c5c(F)cccc5Cl)c5nccn5c4n3)ccc21. The topological polar surface area (TPSA) is 114 Å². The lowest BCUT2D eigenvalue weighted by atomic mass is 9.79. The number of sulfonamides is 1. The summed E-state index contributed by atoms with van der Waals surface area (Å²) in [5.41, 5.74) is 1.85. The van der Waals surface area contributed by atoms with Crippen molar-refractivity contribution in [1.29, 1.82) is 0 Å². The normalized spacial score (nSPS) is 15.5. The Balaban J connectivity index is 1.43. The molecule has 13 heteroatoms. The molecule has 39 heavy (non-hydrogen) atoms. The van der Waals surface area contributed by atoms with Crippen LogP contribution in [0.4, 0.5) is 16.0 Å². The van der Waals surface area contributed by atoms with E-state index in [9.17, 15) is 17.6 Å². The van der Waals surface area contributed by atoms with Gasteiger partial charge in [-0.25, -0.2) is 27.3 Å². The summed E-state index contributed by atoms with van der Waals surface area (Å²) in [6.07, 6.45) is 5.67. The van der Waals surface area contributed by atoms with Crippen LogP contribution in [0.1, 0.15) is 25.0 Å². The molecule has 0 fully saturated rings. The first-order valence-electron chi connectivity index (χ1n) is 12.0. The summed E-state index contributed by atoms with van der Waals surface area (Å²) in [6, 6.07) is 9.91. The minimum Gasteiger partial charge on any atom is -0.324 e. The molecule has 3 aromatic heterocycles. The Morgan fingerprint density at radius 1 is 1.15 bits per heavy atom. The van der Waals surface area contributed by atoms with E-state index < -0.39 is 21.4 Å². The van der Waals surface area contributed by atoms with E-state index in [0.29, 0.717) is 12.2 Å². The van der Waals surface area contributed by atoms with Crippen LogP contribution in [0.25, 0.3) is 22.5 Å². The fourth-order valence-electron chi connectivity index (χ4n) is 5.11. The van der Waals surface area contributed by atoms with Crippen molar-refractivity contribution in [3.8, 4) is 5.69 Å². The summed E-state index contributed by atoms with van der Waals surface area (Å²) in [5, 5.41) is 3.35. The molecule has 6 rings (SSSR count). The van der Waals surface area contributed by atoms with Crippen LogP contribution in [0.3, 0.4) is 0 Å². The van der Waals surface area contributed by atoms with Crippen LogP contribution in [0.2, 0.25) is 5.02 Å². The van der Waals surface area contributed by atoms with Gasteiger partial charge in [0.1, 0.15) is 16.9 Å². The Morgan fingerprint density at radius 2 is 1.95 bits per heavy atom. The van der Waals surface area contributed by atoms with E-state index in [4.69, 9.17) is 11.6 Å². The van der Waals surface area contributed by atoms with Crippen LogP contribution in [-0.2, 0) is 22.0 Å². The van der Waals surface area contributed by atoms with Crippen molar-refractivity contribution in [1.82, 2.24) is 28.2 Å². The van der Waals surface area contributed by atoms with Crippen molar-refractivity contribution in [3.63, 3.8) is 0 Å². The predicted molar refractivity (Wildman–Crippen MR) is 147 cm³/mol. The first kappa shape index (κ1) is 25.4. The van der Waals surface area contributed by atoms with E-state index in [1.54, 1.807) is 10.6 Å². The summed E-state index contributed by atoms with van der Waals surface area (Å²) in [4.78, 5) is 26.6. The molecule has 0 aliphatic carbocycles. The van der Waals surface area contributed by atoms with Gasteiger partial charge in [0.05, 0.1) is 11.3 Å². The van der Waals surface area contributed by atoms with Crippen molar-refractivity contribution in [2.24, 2.45) is 0 Å². The van der Waals surface area contributed by atoms with Gasteiger partial charge in [0.15, 0.2) is 5.65 Å². The molecule has 0 unspecified atom stereocenters. The van der Waals surface area contributed by atoms with Gasteiger partial charge in [-0.3, -0.25) is 9.20 Å². The van der Waals surface area contributed by atoms with Crippen LogP contribution in [0.5, 0.6) is 0 Å². The Hall–Kier alpha value is -3.87. The van der Waals surface area contributed by atoms with Gasteiger partial charge in [-0.1, -0.05) is 37.6 Å².